The summed E-state index contributed by atoms with van der Waals surface area (Å²) in [6, 6.07) is 35.8. The fraction of sp³-hybridized carbons (Fsp3) is 0.263. The molecule has 1 aliphatic carbocycles. The standard InChI is InChI=1S/C38H36O8/c39-33(43-25-29-15-5-1-6-16-29)37(34(40)44-26-30-17-7-2-8-18-30)23-13-14-24-38(37,35(41)45-27-31-19-9-3-10-20-31)36(42)46-28-32-21-11-4-12-22-32/h1-12,15-22H,13-14,23-28H2. The van der Waals surface area contributed by atoms with Crippen molar-refractivity contribution in [3.05, 3.63) is 144 Å². The van der Waals surface area contributed by atoms with Crippen LogP contribution >= 0.6 is 0 Å². The Morgan fingerprint density at radius 2 is 0.609 bits per heavy atom. The van der Waals surface area contributed by atoms with E-state index in [1.54, 1.807) is 97.1 Å². The third-order valence-corrected chi connectivity index (χ3v) is 8.33. The van der Waals surface area contributed by atoms with Gasteiger partial charge in [0.05, 0.1) is 0 Å². The van der Waals surface area contributed by atoms with Crippen LogP contribution in [0.3, 0.4) is 0 Å². The zero-order valence-electron chi connectivity index (χ0n) is 25.5. The van der Waals surface area contributed by atoms with E-state index in [0.29, 0.717) is 35.1 Å². The van der Waals surface area contributed by atoms with E-state index in [4.69, 9.17) is 18.9 Å². The molecule has 46 heavy (non-hydrogen) atoms. The van der Waals surface area contributed by atoms with E-state index in [0.717, 1.165) is 0 Å². The van der Waals surface area contributed by atoms with Crippen molar-refractivity contribution in [2.75, 3.05) is 0 Å². The lowest BCUT2D eigenvalue weighted by molar-refractivity contribution is -0.210. The van der Waals surface area contributed by atoms with Crippen LogP contribution in [0, 0.1) is 10.8 Å². The van der Waals surface area contributed by atoms with Crippen molar-refractivity contribution >= 4 is 23.9 Å². The molecule has 0 aliphatic heterocycles. The molecule has 0 N–H and O–H groups in total. The van der Waals surface area contributed by atoms with E-state index in [-0.39, 0.29) is 39.3 Å². The lowest BCUT2D eigenvalue weighted by Crippen LogP contribution is -2.64. The van der Waals surface area contributed by atoms with Gasteiger partial charge < -0.3 is 18.9 Å². The smallest absolute Gasteiger partial charge is 0.325 e. The summed E-state index contributed by atoms with van der Waals surface area (Å²) in [6.45, 7) is -0.716. The van der Waals surface area contributed by atoms with Crippen molar-refractivity contribution in [1.82, 2.24) is 0 Å². The highest BCUT2D eigenvalue weighted by molar-refractivity contribution is 6.14. The number of esters is 4. The second-order valence-electron chi connectivity index (χ2n) is 11.3. The number of carbonyl (C=O) groups is 4. The summed E-state index contributed by atoms with van der Waals surface area (Å²) in [4.78, 5) is 57.5. The second-order valence-corrected chi connectivity index (χ2v) is 11.3. The van der Waals surface area contributed by atoms with E-state index in [1.807, 2.05) is 24.3 Å². The predicted octanol–water partition coefficient (Wildman–Crippen LogP) is 6.51. The van der Waals surface area contributed by atoms with Crippen LogP contribution in [0.15, 0.2) is 121 Å². The molecule has 8 nitrogen and oxygen atoms in total. The van der Waals surface area contributed by atoms with E-state index in [1.165, 1.54) is 0 Å². The number of hydrogen-bond acceptors (Lipinski definition) is 8. The summed E-state index contributed by atoms with van der Waals surface area (Å²) in [5, 5.41) is 0. The highest BCUT2D eigenvalue weighted by atomic mass is 16.6. The second kappa shape index (κ2) is 15.2. The Morgan fingerprint density at radius 1 is 0.391 bits per heavy atom. The van der Waals surface area contributed by atoms with Crippen LogP contribution in [0.1, 0.15) is 47.9 Å². The Morgan fingerprint density at radius 3 is 0.826 bits per heavy atom. The molecular weight excluding hydrogens is 584 g/mol. The monoisotopic (exact) mass is 620 g/mol. The first kappa shape index (κ1) is 32.2. The fourth-order valence-electron chi connectivity index (χ4n) is 5.86. The highest BCUT2D eigenvalue weighted by Gasteiger charge is 2.73. The van der Waals surface area contributed by atoms with Gasteiger partial charge in [-0.05, 0) is 35.1 Å². The van der Waals surface area contributed by atoms with Gasteiger partial charge in [0.2, 0.25) is 0 Å². The van der Waals surface area contributed by atoms with Gasteiger partial charge >= 0.3 is 23.9 Å². The van der Waals surface area contributed by atoms with E-state index < -0.39 is 34.7 Å². The number of benzene rings is 4. The summed E-state index contributed by atoms with van der Waals surface area (Å²) >= 11 is 0. The summed E-state index contributed by atoms with van der Waals surface area (Å²) in [5.41, 5.74) is -2.05. The van der Waals surface area contributed by atoms with Crippen LogP contribution < -0.4 is 0 Å². The summed E-state index contributed by atoms with van der Waals surface area (Å²) < 4.78 is 23.1. The third-order valence-electron chi connectivity index (χ3n) is 8.33. The summed E-state index contributed by atoms with van der Waals surface area (Å²) in [6.07, 6.45) is 0.380. The van der Waals surface area contributed by atoms with E-state index in [9.17, 15) is 19.2 Å². The lowest BCUT2D eigenvalue weighted by atomic mass is 9.55. The highest BCUT2D eigenvalue weighted by Crippen LogP contribution is 2.54. The average Bonchev–Trinajstić information content (AvgIpc) is 3.12. The van der Waals surface area contributed by atoms with Crippen LogP contribution in [0.5, 0.6) is 0 Å². The number of carbonyl (C=O) groups excluding carboxylic acids is 4. The maximum atomic E-state index is 14.4. The zero-order chi connectivity index (χ0) is 32.2. The van der Waals surface area contributed by atoms with E-state index >= 15 is 0 Å². The predicted molar refractivity (Wildman–Crippen MR) is 168 cm³/mol. The molecule has 0 amide bonds. The van der Waals surface area contributed by atoms with Gasteiger partial charge in [0.1, 0.15) is 26.4 Å². The molecule has 0 saturated heterocycles. The van der Waals surface area contributed by atoms with Gasteiger partial charge in [0, 0.05) is 0 Å². The normalized spacial score (nSPS) is 14.8. The van der Waals surface area contributed by atoms with Crippen molar-refractivity contribution in [2.24, 2.45) is 10.8 Å². The third kappa shape index (κ3) is 7.01. The molecule has 1 saturated carbocycles. The minimum atomic E-state index is -2.36. The molecule has 0 radical (unpaired) electrons. The Balaban J connectivity index is 1.55. The fourth-order valence-corrected chi connectivity index (χ4v) is 5.86. The maximum absolute atomic E-state index is 14.4. The van der Waals surface area contributed by atoms with E-state index in [2.05, 4.69) is 0 Å². The number of hydrogen-bond donors (Lipinski definition) is 0. The molecule has 0 bridgehead atoms. The molecule has 4 aromatic rings. The molecule has 0 heterocycles. The van der Waals surface area contributed by atoms with Crippen LogP contribution in [0.4, 0.5) is 0 Å². The van der Waals surface area contributed by atoms with Gasteiger partial charge in [-0.15, -0.1) is 0 Å². The Bertz CT molecular complexity index is 1370. The molecule has 0 unspecified atom stereocenters. The molecule has 236 valence electrons. The molecule has 1 fully saturated rings. The lowest BCUT2D eigenvalue weighted by Gasteiger charge is -2.45. The van der Waals surface area contributed by atoms with Gasteiger partial charge in [0.25, 0.3) is 0 Å². The van der Waals surface area contributed by atoms with Crippen molar-refractivity contribution in [3.8, 4) is 0 Å². The summed E-state index contributed by atoms with van der Waals surface area (Å²) in [7, 11) is 0. The van der Waals surface area contributed by atoms with Crippen molar-refractivity contribution in [2.45, 2.75) is 52.1 Å². The van der Waals surface area contributed by atoms with Crippen molar-refractivity contribution < 1.29 is 38.1 Å². The van der Waals surface area contributed by atoms with Gasteiger partial charge in [-0.2, -0.15) is 0 Å². The van der Waals surface area contributed by atoms with Gasteiger partial charge in [-0.1, -0.05) is 134 Å². The van der Waals surface area contributed by atoms with Crippen LogP contribution in [-0.4, -0.2) is 23.9 Å². The first-order chi connectivity index (χ1) is 22.5. The molecule has 0 aromatic heterocycles. The molecular formula is C38H36O8. The molecule has 5 rings (SSSR count). The minimum Gasteiger partial charge on any atom is -0.460 e. The molecule has 0 atom stereocenters. The van der Waals surface area contributed by atoms with Crippen molar-refractivity contribution in [3.63, 3.8) is 0 Å². The average molecular weight is 621 g/mol. The maximum Gasteiger partial charge on any atom is 0.325 e. The SMILES string of the molecule is O=C(OCc1ccccc1)C1(C(=O)OCc2ccccc2)CCCCC1(C(=O)OCc1ccccc1)C(=O)OCc1ccccc1. The number of ether oxygens (including phenoxy) is 4. The summed E-state index contributed by atoms with van der Waals surface area (Å²) in [5.74, 6) is -4.16. The van der Waals surface area contributed by atoms with Crippen molar-refractivity contribution in [1.29, 1.82) is 0 Å². The van der Waals surface area contributed by atoms with Gasteiger partial charge in [0.15, 0.2) is 10.8 Å². The Labute approximate surface area is 268 Å². The van der Waals surface area contributed by atoms with Gasteiger partial charge in [-0.3, -0.25) is 19.2 Å². The first-order valence-electron chi connectivity index (χ1n) is 15.3. The first-order valence-corrected chi connectivity index (χ1v) is 15.3. The quantitative estimate of drug-likeness (QED) is 0.100. The topological polar surface area (TPSA) is 105 Å². The molecule has 0 spiro atoms. The molecule has 1 aliphatic rings. The molecule has 4 aromatic carbocycles. The number of rotatable bonds is 12. The van der Waals surface area contributed by atoms with Crippen LogP contribution in [0.2, 0.25) is 0 Å². The Kier molecular flexibility index (Phi) is 10.6. The van der Waals surface area contributed by atoms with Crippen LogP contribution in [-0.2, 0) is 64.6 Å². The van der Waals surface area contributed by atoms with Crippen LogP contribution in [0.25, 0.3) is 0 Å². The minimum absolute atomic E-state index is 0.172. The molecule has 8 heteroatoms. The zero-order valence-corrected chi connectivity index (χ0v) is 25.5. The Hall–Kier alpha value is -5.24. The van der Waals surface area contributed by atoms with Gasteiger partial charge in [-0.25, -0.2) is 0 Å². The largest absolute Gasteiger partial charge is 0.460 e.